The number of anilines is 2. The van der Waals surface area contributed by atoms with Crippen LogP contribution in [0.1, 0.15) is 80.1 Å². The van der Waals surface area contributed by atoms with Crippen molar-refractivity contribution in [2.75, 3.05) is 30.9 Å². The van der Waals surface area contributed by atoms with Crippen molar-refractivity contribution in [3.05, 3.63) is 48.6 Å². The summed E-state index contributed by atoms with van der Waals surface area (Å²) in [6.07, 6.45) is 6.67. The van der Waals surface area contributed by atoms with E-state index in [1.807, 2.05) is 37.2 Å². The van der Waals surface area contributed by atoms with Gasteiger partial charge in [0.2, 0.25) is 0 Å². The van der Waals surface area contributed by atoms with Gasteiger partial charge in [-0.25, -0.2) is 4.79 Å². The molecule has 4 saturated carbocycles. The number of hydrogen-bond donors (Lipinski definition) is 1. The van der Waals surface area contributed by atoms with Crippen molar-refractivity contribution >= 4 is 41.0 Å². The number of carbonyl (C=O) groups excluding carboxylic acids is 5. The van der Waals surface area contributed by atoms with Gasteiger partial charge in [0.05, 0.1) is 6.61 Å². The molecule has 5 aliphatic rings. The van der Waals surface area contributed by atoms with E-state index in [1.54, 1.807) is 19.1 Å². The van der Waals surface area contributed by atoms with E-state index in [9.17, 15) is 24.0 Å². The molecule has 51 heavy (non-hydrogen) atoms. The average molecular weight is 703 g/mol. The van der Waals surface area contributed by atoms with Crippen LogP contribution >= 0.6 is 0 Å². The number of nitrogens with zero attached hydrogens (tertiary/aromatic N) is 1. The molecule has 276 valence electrons. The van der Waals surface area contributed by atoms with E-state index in [0.717, 1.165) is 37.8 Å². The topological polar surface area (TPSA) is 128 Å². The lowest BCUT2D eigenvalue weighted by atomic mass is 9.43. The Balaban J connectivity index is 1.23. The highest BCUT2D eigenvalue weighted by atomic mass is 16.6. The van der Waals surface area contributed by atoms with Crippen LogP contribution in [0.15, 0.2) is 48.6 Å². The average Bonchev–Trinajstić information content (AvgIpc) is 3.68. The summed E-state index contributed by atoms with van der Waals surface area (Å²) in [6.45, 7) is 14.9. The lowest BCUT2D eigenvalue weighted by Crippen LogP contribution is -2.57. The van der Waals surface area contributed by atoms with Crippen molar-refractivity contribution in [3.8, 4) is 0 Å². The molecule has 0 aliphatic heterocycles. The molecule has 4 fully saturated rings. The monoisotopic (exact) mass is 702 g/mol. The summed E-state index contributed by atoms with van der Waals surface area (Å²) in [7, 11) is 3.86. The van der Waals surface area contributed by atoms with E-state index >= 15 is 0 Å². The highest BCUT2D eigenvalue weighted by molar-refractivity contribution is 6.00. The molecule has 10 heteroatoms. The highest BCUT2D eigenvalue weighted by Crippen LogP contribution is 2.87. The van der Waals surface area contributed by atoms with E-state index in [2.05, 4.69) is 38.7 Å². The maximum Gasteiger partial charge on any atom is 0.411 e. The third-order valence-corrected chi connectivity index (χ3v) is 14.2. The SMILES string of the molecule is C=C(C(=O)[C@H](OC(C)=O)C1[C@@H](OC(C)=O)C[C@@]2(C)[C@@H]3CC[C@H]4[C@H](C)C(=O)C=C[C@@]45C[C@@]35CC[C@]12C)[C@@H](C)COC(=O)Nc1ccc(N(C)C)cc1. The van der Waals surface area contributed by atoms with Gasteiger partial charge in [-0.15, -0.1) is 0 Å². The molecule has 10 nitrogen and oxygen atoms in total. The van der Waals surface area contributed by atoms with Gasteiger partial charge in [0.1, 0.15) is 6.10 Å². The van der Waals surface area contributed by atoms with Crippen LogP contribution in [0.5, 0.6) is 0 Å². The Bertz CT molecular complexity index is 1670. The molecule has 1 aromatic carbocycles. The molecule has 11 atom stereocenters. The number of ether oxygens (including phenoxy) is 3. The van der Waals surface area contributed by atoms with E-state index in [-0.39, 0.29) is 46.0 Å². The van der Waals surface area contributed by atoms with Crippen LogP contribution in [-0.4, -0.2) is 62.5 Å². The van der Waals surface area contributed by atoms with Crippen molar-refractivity contribution in [2.45, 2.75) is 92.3 Å². The van der Waals surface area contributed by atoms with Gasteiger partial charge in [0, 0.05) is 57.1 Å². The number of rotatable bonds is 10. The molecule has 0 aromatic heterocycles. The molecule has 1 aromatic rings. The molecule has 0 saturated heterocycles. The quantitative estimate of drug-likeness (QED) is 0.157. The molecular weight excluding hydrogens is 648 g/mol. The van der Waals surface area contributed by atoms with Crippen LogP contribution in [0, 0.1) is 51.2 Å². The van der Waals surface area contributed by atoms with E-state index in [4.69, 9.17) is 14.2 Å². The fourth-order valence-corrected chi connectivity index (χ4v) is 11.4. The molecule has 5 aliphatic carbocycles. The lowest BCUT2D eigenvalue weighted by Gasteiger charge is -2.60. The summed E-state index contributed by atoms with van der Waals surface area (Å²) < 4.78 is 17.5. The Morgan fingerprint density at radius 2 is 1.71 bits per heavy atom. The summed E-state index contributed by atoms with van der Waals surface area (Å²) in [4.78, 5) is 67.1. The van der Waals surface area contributed by atoms with Crippen molar-refractivity contribution in [2.24, 2.45) is 51.2 Å². The van der Waals surface area contributed by atoms with Crippen LogP contribution in [0.3, 0.4) is 0 Å². The predicted molar refractivity (Wildman–Crippen MR) is 193 cm³/mol. The largest absolute Gasteiger partial charge is 0.462 e. The van der Waals surface area contributed by atoms with Gasteiger partial charge in [-0.3, -0.25) is 24.5 Å². The zero-order valence-electron chi connectivity index (χ0n) is 31.4. The summed E-state index contributed by atoms with van der Waals surface area (Å²) in [5.74, 6) is -1.86. The number of hydrogen-bond acceptors (Lipinski definition) is 9. The summed E-state index contributed by atoms with van der Waals surface area (Å²) >= 11 is 0. The number of amides is 1. The number of fused-ring (bicyclic) bond motifs is 2. The number of Topliss-reactive ketones (excluding diaryl/α,β-unsaturated/α-hetero) is 1. The maximum absolute atomic E-state index is 14.5. The van der Waals surface area contributed by atoms with Crippen LogP contribution in [0.4, 0.5) is 16.2 Å². The zero-order chi connectivity index (χ0) is 37.3. The minimum absolute atomic E-state index is 0.000607. The number of ketones is 2. The Morgan fingerprint density at radius 3 is 2.33 bits per heavy atom. The Labute approximate surface area is 301 Å². The van der Waals surface area contributed by atoms with Crippen LogP contribution < -0.4 is 10.2 Å². The van der Waals surface area contributed by atoms with Gasteiger partial charge < -0.3 is 19.1 Å². The smallest absolute Gasteiger partial charge is 0.411 e. The molecular formula is C41H54N2O8. The van der Waals surface area contributed by atoms with E-state index in [0.29, 0.717) is 18.0 Å². The molecule has 0 radical (unpaired) electrons. The van der Waals surface area contributed by atoms with Crippen LogP contribution in [0.25, 0.3) is 0 Å². The van der Waals surface area contributed by atoms with Crippen molar-refractivity contribution in [1.29, 1.82) is 0 Å². The van der Waals surface area contributed by atoms with Crippen molar-refractivity contribution in [3.63, 3.8) is 0 Å². The fourth-order valence-electron chi connectivity index (χ4n) is 11.4. The molecule has 6 rings (SSSR count). The maximum atomic E-state index is 14.5. The van der Waals surface area contributed by atoms with Gasteiger partial charge in [0.25, 0.3) is 0 Å². The first-order valence-corrected chi connectivity index (χ1v) is 18.4. The van der Waals surface area contributed by atoms with Crippen LogP contribution in [-0.2, 0) is 33.4 Å². The molecule has 1 unspecified atom stereocenters. The highest BCUT2D eigenvalue weighted by Gasteiger charge is 2.82. The zero-order valence-corrected chi connectivity index (χ0v) is 31.4. The third-order valence-electron chi connectivity index (χ3n) is 14.2. The Kier molecular flexibility index (Phi) is 9.33. The number of allylic oxidation sites excluding steroid dienone is 2. The summed E-state index contributed by atoms with van der Waals surface area (Å²) in [6, 6.07) is 7.30. The summed E-state index contributed by atoms with van der Waals surface area (Å²) in [5, 5.41) is 2.71. The number of carbonyl (C=O) groups is 5. The first-order valence-electron chi connectivity index (χ1n) is 18.4. The van der Waals surface area contributed by atoms with Gasteiger partial charge >= 0.3 is 18.0 Å². The molecule has 1 N–H and O–H groups in total. The predicted octanol–water partition coefficient (Wildman–Crippen LogP) is 6.93. The second-order valence-electron chi connectivity index (χ2n) is 16.8. The van der Waals surface area contributed by atoms with Crippen LogP contribution in [0.2, 0.25) is 0 Å². The van der Waals surface area contributed by atoms with Gasteiger partial charge in [-0.2, -0.15) is 0 Å². The summed E-state index contributed by atoms with van der Waals surface area (Å²) in [5.41, 5.74) is 0.924. The molecule has 2 spiro atoms. The first kappa shape index (κ1) is 36.8. The molecule has 0 bridgehead atoms. The normalized spacial score (nSPS) is 36.9. The molecule has 0 heterocycles. The van der Waals surface area contributed by atoms with Crippen molar-refractivity contribution < 1.29 is 38.2 Å². The first-order chi connectivity index (χ1) is 23.9. The second kappa shape index (κ2) is 12.9. The fraction of sp³-hybridized carbons (Fsp3) is 0.634. The number of esters is 2. The number of benzene rings is 1. The van der Waals surface area contributed by atoms with E-state index in [1.165, 1.54) is 13.8 Å². The van der Waals surface area contributed by atoms with Gasteiger partial charge in [0.15, 0.2) is 17.7 Å². The lowest BCUT2D eigenvalue weighted by molar-refractivity contribution is -0.173. The van der Waals surface area contributed by atoms with Gasteiger partial charge in [-0.05, 0) is 108 Å². The Hall–Kier alpha value is -3.95. The minimum Gasteiger partial charge on any atom is -0.462 e. The van der Waals surface area contributed by atoms with Gasteiger partial charge in [-0.1, -0.05) is 40.3 Å². The van der Waals surface area contributed by atoms with E-state index < -0.39 is 53.3 Å². The minimum atomic E-state index is -1.23. The Morgan fingerprint density at radius 1 is 1.02 bits per heavy atom. The standard InChI is InChI=1S/C41H54N2O8/c1-23(21-49-37(48)42-28-10-12-29(13-11-28)43(8)9)24(2)35(47)36(51-27(5)45)34-32(50-26(4)44)20-39(7)33-15-14-30-25(3)31(46)16-17-40(30)22-41(33,40)19-18-38(34,39)6/h10-13,16-17,23,25,30,32-34,36H,2,14-15,18-22H2,1,3-9H3,(H,42,48)/t23-,25-,30-,32-,33-,34?,36+,38+,39-,40+,41-/m0/s1. The van der Waals surface area contributed by atoms with Crippen molar-refractivity contribution in [1.82, 2.24) is 0 Å². The third kappa shape index (κ3) is 5.81. The number of nitrogens with one attached hydrogen (secondary N) is 1. The second-order valence-corrected chi connectivity index (χ2v) is 16.8. The molecule has 1 amide bonds.